The van der Waals surface area contributed by atoms with Gasteiger partial charge in [0.05, 0.1) is 6.26 Å². The van der Waals surface area contributed by atoms with Crippen molar-refractivity contribution in [1.29, 1.82) is 0 Å². The number of nitrogens with zero attached hydrogens (tertiary/aromatic N) is 2. The van der Waals surface area contributed by atoms with Crippen molar-refractivity contribution in [3.05, 3.63) is 0 Å². The number of halogens is 1. The minimum Gasteiger partial charge on any atom is -0.297 e. The largest absolute Gasteiger partial charge is 0.297 e. The maximum atomic E-state index is 12.2. The average molecular weight is 240 g/mol. The van der Waals surface area contributed by atoms with Crippen LogP contribution in [0.3, 0.4) is 0 Å². The Hall–Kier alpha value is -0.200. The normalized spacial score (nSPS) is 13.1. The summed E-state index contributed by atoms with van der Waals surface area (Å²) >= 11 is 0. The van der Waals surface area contributed by atoms with E-state index in [9.17, 15) is 12.8 Å². The Kier molecular flexibility index (Phi) is 6.31. The summed E-state index contributed by atoms with van der Waals surface area (Å²) in [5, 5.41) is 0. The summed E-state index contributed by atoms with van der Waals surface area (Å²) < 4.78 is 35.7. The average Bonchev–Trinajstić information content (AvgIpc) is 2.09. The van der Waals surface area contributed by atoms with Crippen LogP contribution < -0.4 is 0 Å². The Morgan fingerprint density at radius 1 is 1.20 bits per heavy atom. The molecule has 6 heteroatoms. The van der Waals surface area contributed by atoms with E-state index < -0.39 is 16.7 Å². The fourth-order valence-electron chi connectivity index (χ4n) is 1.17. The highest BCUT2D eigenvalue weighted by Gasteiger charge is 2.14. The molecule has 0 aliphatic carbocycles. The zero-order valence-electron chi connectivity index (χ0n) is 9.90. The monoisotopic (exact) mass is 240 g/mol. The van der Waals surface area contributed by atoms with Gasteiger partial charge in [0.1, 0.15) is 6.67 Å². The van der Waals surface area contributed by atoms with Crippen LogP contribution in [0.1, 0.15) is 13.8 Å². The molecule has 0 aromatic heterocycles. The van der Waals surface area contributed by atoms with Gasteiger partial charge in [-0.15, -0.1) is 0 Å². The van der Waals surface area contributed by atoms with E-state index in [0.29, 0.717) is 19.6 Å². The van der Waals surface area contributed by atoms with Gasteiger partial charge in [-0.2, -0.15) is 0 Å². The molecule has 0 saturated carbocycles. The molecule has 0 rings (SSSR count). The third kappa shape index (κ3) is 6.06. The molecule has 0 aromatic rings. The minimum absolute atomic E-state index is 0.230. The van der Waals surface area contributed by atoms with E-state index in [-0.39, 0.29) is 6.04 Å². The first kappa shape index (κ1) is 14.8. The van der Waals surface area contributed by atoms with Crippen LogP contribution in [0.25, 0.3) is 0 Å². The van der Waals surface area contributed by atoms with Crippen LogP contribution in [0.4, 0.5) is 4.39 Å². The van der Waals surface area contributed by atoms with E-state index in [2.05, 4.69) is 0 Å². The second-order valence-electron chi connectivity index (χ2n) is 3.90. The van der Waals surface area contributed by atoms with Crippen LogP contribution in [0.2, 0.25) is 0 Å². The zero-order valence-corrected chi connectivity index (χ0v) is 10.7. The molecule has 0 fully saturated rings. The van der Waals surface area contributed by atoms with Crippen LogP contribution in [0, 0.1) is 0 Å². The molecule has 0 radical (unpaired) electrons. The molecule has 0 aromatic carbocycles. The van der Waals surface area contributed by atoms with Crippen LogP contribution in [-0.4, -0.2) is 63.3 Å². The number of alkyl halides is 1. The SMILES string of the molecule is CC(C)N(CCF)CCN(C)S(C)(=O)=O. The van der Waals surface area contributed by atoms with Crippen molar-refractivity contribution in [2.45, 2.75) is 19.9 Å². The summed E-state index contributed by atoms with van der Waals surface area (Å²) in [7, 11) is -1.60. The van der Waals surface area contributed by atoms with E-state index in [0.717, 1.165) is 0 Å². The molecule has 0 spiro atoms. The molecule has 0 bridgehead atoms. The van der Waals surface area contributed by atoms with Crippen molar-refractivity contribution in [3.63, 3.8) is 0 Å². The van der Waals surface area contributed by atoms with E-state index in [1.807, 2.05) is 18.7 Å². The highest BCUT2D eigenvalue weighted by Crippen LogP contribution is 2.00. The third-order valence-electron chi connectivity index (χ3n) is 2.37. The van der Waals surface area contributed by atoms with E-state index in [1.54, 1.807) is 0 Å². The summed E-state index contributed by atoms with van der Waals surface area (Å²) in [4.78, 5) is 1.92. The van der Waals surface area contributed by atoms with Gasteiger partial charge < -0.3 is 0 Å². The smallest absolute Gasteiger partial charge is 0.210 e. The maximum Gasteiger partial charge on any atom is 0.210 e. The first-order chi connectivity index (χ1) is 6.79. The van der Waals surface area contributed by atoms with Crippen molar-refractivity contribution >= 4 is 10.0 Å². The molecule has 15 heavy (non-hydrogen) atoms. The quantitative estimate of drug-likeness (QED) is 0.653. The molecule has 0 unspecified atom stereocenters. The van der Waals surface area contributed by atoms with Crippen LogP contribution in [0.15, 0.2) is 0 Å². The van der Waals surface area contributed by atoms with Crippen LogP contribution in [-0.2, 0) is 10.0 Å². The van der Waals surface area contributed by atoms with Crippen molar-refractivity contribution < 1.29 is 12.8 Å². The summed E-state index contributed by atoms with van der Waals surface area (Å²) in [6.45, 7) is 4.85. The van der Waals surface area contributed by atoms with Gasteiger partial charge >= 0.3 is 0 Å². The van der Waals surface area contributed by atoms with Gasteiger partial charge in [-0.05, 0) is 13.8 Å². The Morgan fingerprint density at radius 3 is 2.07 bits per heavy atom. The van der Waals surface area contributed by atoms with Crippen LogP contribution >= 0.6 is 0 Å². The van der Waals surface area contributed by atoms with Gasteiger partial charge in [0.2, 0.25) is 10.0 Å². The Bertz CT molecular complexity index is 267. The molecule has 0 aliphatic heterocycles. The molecular formula is C9H21FN2O2S. The van der Waals surface area contributed by atoms with Crippen LogP contribution in [0.5, 0.6) is 0 Å². The molecule has 0 N–H and O–H groups in total. The van der Waals surface area contributed by atoms with Gasteiger partial charge in [-0.25, -0.2) is 17.1 Å². The number of hydrogen-bond donors (Lipinski definition) is 0. The van der Waals surface area contributed by atoms with Gasteiger partial charge in [0.15, 0.2) is 0 Å². The second-order valence-corrected chi connectivity index (χ2v) is 5.99. The lowest BCUT2D eigenvalue weighted by molar-refractivity contribution is 0.194. The van der Waals surface area contributed by atoms with E-state index >= 15 is 0 Å². The Labute approximate surface area is 92.1 Å². The predicted octanol–water partition coefficient (Wildman–Crippen LogP) is 0.558. The van der Waals surface area contributed by atoms with Crippen molar-refractivity contribution in [3.8, 4) is 0 Å². The van der Waals surface area contributed by atoms with E-state index in [4.69, 9.17) is 0 Å². The lowest BCUT2D eigenvalue weighted by Crippen LogP contribution is -2.40. The standard InChI is InChI=1S/C9H21FN2O2S/c1-9(2)12(6-5-10)8-7-11(3)15(4,13)14/h9H,5-8H2,1-4H3. The topological polar surface area (TPSA) is 40.6 Å². The minimum atomic E-state index is -3.13. The number of likely N-dealkylation sites (N-methyl/N-ethyl adjacent to an activating group) is 1. The van der Waals surface area contributed by atoms with Gasteiger partial charge in [0.25, 0.3) is 0 Å². The molecule has 0 heterocycles. The van der Waals surface area contributed by atoms with Crippen molar-refractivity contribution in [2.24, 2.45) is 0 Å². The van der Waals surface area contributed by atoms with Crippen molar-refractivity contribution in [2.75, 3.05) is 39.6 Å². The summed E-state index contributed by atoms with van der Waals surface area (Å²) in [5.41, 5.74) is 0. The fourth-order valence-corrected chi connectivity index (χ4v) is 1.59. The highest BCUT2D eigenvalue weighted by molar-refractivity contribution is 7.88. The maximum absolute atomic E-state index is 12.2. The molecule has 0 atom stereocenters. The zero-order chi connectivity index (χ0) is 12.1. The van der Waals surface area contributed by atoms with Gasteiger partial charge in [0, 0.05) is 32.7 Å². The van der Waals surface area contributed by atoms with E-state index in [1.165, 1.54) is 17.6 Å². The number of rotatable bonds is 7. The lowest BCUT2D eigenvalue weighted by Gasteiger charge is -2.27. The molecule has 0 aliphatic rings. The highest BCUT2D eigenvalue weighted by atomic mass is 32.2. The molecule has 92 valence electrons. The van der Waals surface area contributed by atoms with Gasteiger partial charge in [-0.3, -0.25) is 4.90 Å². The Balaban J connectivity index is 4.11. The molecule has 0 amide bonds. The Morgan fingerprint density at radius 2 is 1.73 bits per heavy atom. The summed E-state index contributed by atoms with van der Waals surface area (Å²) in [6, 6.07) is 0.230. The fraction of sp³-hybridized carbons (Fsp3) is 1.00. The molecule has 0 saturated heterocycles. The first-order valence-electron chi connectivity index (χ1n) is 5.00. The number of sulfonamides is 1. The lowest BCUT2D eigenvalue weighted by atomic mass is 10.3. The molecule has 4 nitrogen and oxygen atoms in total. The summed E-state index contributed by atoms with van der Waals surface area (Å²) in [6.07, 6.45) is 1.17. The number of hydrogen-bond acceptors (Lipinski definition) is 3. The molecular weight excluding hydrogens is 219 g/mol. The third-order valence-corrected chi connectivity index (χ3v) is 3.69. The first-order valence-corrected chi connectivity index (χ1v) is 6.85. The second kappa shape index (κ2) is 6.40. The van der Waals surface area contributed by atoms with Gasteiger partial charge in [-0.1, -0.05) is 0 Å². The predicted molar refractivity (Wildman–Crippen MR) is 60.2 cm³/mol. The summed E-state index contributed by atoms with van der Waals surface area (Å²) in [5.74, 6) is 0. The van der Waals surface area contributed by atoms with Crippen molar-refractivity contribution in [1.82, 2.24) is 9.21 Å².